The van der Waals surface area contributed by atoms with Gasteiger partial charge in [0.25, 0.3) is 0 Å². The number of ether oxygens (including phenoxy) is 1. The molecular weight excluding hydrogens is 275 g/mol. The summed E-state index contributed by atoms with van der Waals surface area (Å²) in [5.74, 6) is -0.219. The number of rotatable bonds is 3. The van der Waals surface area contributed by atoms with E-state index in [-0.39, 0.29) is 5.82 Å². The summed E-state index contributed by atoms with van der Waals surface area (Å²) < 4.78 is 18.5. The molecule has 1 aliphatic rings. The Bertz CT molecular complexity index is 564. The molecule has 3 nitrogen and oxygen atoms in total. The molecule has 2 aromatic rings. The van der Waals surface area contributed by atoms with Crippen molar-refractivity contribution in [1.82, 2.24) is 4.98 Å². The number of anilines is 1. The minimum Gasteiger partial charge on any atom is -0.381 e. The summed E-state index contributed by atoms with van der Waals surface area (Å²) in [5.41, 5.74) is 3.75. The van der Waals surface area contributed by atoms with E-state index in [1.807, 2.05) is 5.51 Å². The fourth-order valence-corrected chi connectivity index (χ4v) is 3.39. The van der Waals surface area contributed by atoms with Crippen LogP contribution in [-0.4, -0.2) is 31.3 Å². The summed E-state index contributed by atoms with van der Waals surface area (Å²) in [7, 11) is 2.11. The minimum atomic E-state index is -0.219. The van der Waals surface area contributed by atoms with Gasteiger partial charge in [-0.05, 0) is 37.1 Å². The van der Waals surface area contributed by atoms with Crippen molar-refractivity contribution >= 4 is 16.3 Å². The van der Waals surface area contributed by atoms with E-state index in [0.717, 1.165) is 42.3 Å². The molecule has 0 bridgehead atoms. The van der Waals surface area contributed by atoms with Crippen LogP contribution in [0.25, 0.3) is 11.3 Å². The Morgan fingerprint density at radius 2 is 1.95 bits per heavy atom. The van der Waals surface area contributed by atoms with Crippen LogP contribution >= 0.6 is 11.3 Å². The Balaban J connectivity index is 1.87. The Labute approximate surface area is 122 Å². The average molecular weight is 292 g/mol. The quantitative estimate of drug-likeness (QED) is 0.865. The predicted molar refractivity (Wildman–Crippen MR) is 79.8 cm³/mol. The Morgan fingerprint density at radius 1 is 1.25 bits per heavy atom. The van der Waals surface area contributed by atoms with Crippen LogP contribution in [0.1, 0.15) is 12.8 Å². The third-order valence-electron chi connectivity index (χ3n) is 3.73. The number of aromatic nitrogens is 1. The maximum atomic E-state index is 13.0. The van der Waals surface area contributed by atoms with Gasteiger partial charge >= 0.3 is 0 Å². The van der Waals surface area contributed by atoms with Crippen molar-refractivity contribution in [2.45, 2.75) is 18.9 Å². The van der Waals surface area contributed by atoms with Gasteiger partial charge in [-0.25, -0.2) is 9.37 Å². The SMILES string of the molecule is CN(c1scnc1-c1ccc(F)cc1)C1CCOCC1. The maximum Gasteiger partial charge on any atom is 0.123 e. The van der Waals surface area contributed by atoms with Crippen molar-refractivity contribution in [1.29, 1.82) is 0 Å². The molecule has 0 aliphatic carbocycles. The first-order valence-electron chi connectivity index (χ1n) is 6.75. The van der Waals surface area contributed by atoms with Gasteiger partial charge in [0, 0.05) is 31.9 Å². The van der Waals surface area contributed by atoms with Gasteiger partial charge in [-0.2, -0.15) is 0 Å². The molecule has 0 N–H and O–H groups in total. The second kappa shape index (κ2) is 5.89. The second-order valence-electron chi connectivity index (χ2n) is 4.97. The van der Waals surface area contributed by atoms with Crippen LogP contribution in [0.3, 0.4) is 0 Å². The summed E-state index contributed by atoms with van der Waals surface area (Å²) in [6.45, 7) is 1.64. The van der Waals surface area contributed by atoms with Crippen molar-refractivity contribution < 1.29 is 9.13 Å². The number of hydrogen-bond donors (Lipinski definition) is 0. The molecule has 0 radical (unpaired) electrons. The summed E-state index contributed by atoms with van der Waals surface area (Å²) in [4.78, 5) is 6.75. The number of benzene rings is 1. The molecular formula is C15H17FN2OS. The highest BCUT2D eigenvalue weighted by atomic mass is 32.1. The molecule has 1 saturated heterocycles. The lowest BCUT2D eigenvalue weighted by Crippen LogP contribution is -2.36. The lowest BCUT2D eigenvalue weighted by Gasteiger charge is -2.32. The fourth-order valence-electron chi connectivity index (χ4n) is 2.53. The van der Waals surface area contributed by atoms with Crippen molar-refractivity contribution in [2.24, 2.45) is 0 Å². The number of halogens is 1. The number of nitrogens with zero attached hydrogens (tertiary/aromatic N) is 2. The average Bonchev–Trinajstić information content (AvgIpc) is 2.97. The molecule has 0 atom stereocenters. The highest BCUT2D eigenvalue weighted by Gasteiger charge is 2.22. The lowest BCUT2D eigenvalue weighted by atomic mass is 10.1. The first-order valence-corrected chi connectivity index (χ1v) is 7.63. The molecule has 1 aliphatic heterocycles. The molecule has 0 spiro atoms. The molecule has 5 heteroatoms. The zero-order chi connectivity index (χ0) is 13.9. The fraction of sp³-hybridized carbons (Fsp3) is 0.400. The first kappa shape index (κ1) is 13.5. The Morgan fingerprint density at radius 3 is 2.65 bits per heavy atom. The molecule has 2 heterocycles. The van der Waals surface area contributed by atoms with Crippen LogP contribution in [0.5, 0.6) is 0 Å². The summed E-state index contributed by atoms with van der Waals surface area (Å²) in [6, 6.07) is 7.01. The van der Waals surface area contributed by atoms with Gasteiger partial charge in [-0.15, -0.1) is 11.3 Å². The van der Waals surface area contributed by atoms with Crippen LogP contribution in [0, 0.1) is 5.82 Å². The summed E-state index contributed by atoms with van der Waals surface area (Å²) >= 11 is 1.63. The van der Waals surface area contributed by atoms with Crippen LogP contribution in [0.2, 0.25) is 0 Å². The van der Waals surface area contributed by atoms with Gasteiger partial charge in [-0.3, -0.25) is 0 Å². The maximum absolute atomic E-state index is 13.0. The van der Waals surface area contributed by atoms with E-state index < -0.39 is 0 Å². The normalized spacial score (nSPS) is 16.3. The Kier molecular flexibility index (Phi) is 3.98. The molecule has 3 rings (SSSR count). The van der Waals surface area contributed by atoms with Crippen LogP contribution in [0.15, 0.2) is 29.8 Å². The van der Waals surface area contributed by atoms with Gasteiger partial charge < -0.3 is 9.64 Å². The van der Waals surface area contributed by atoms with Crippen LogP contribution in [0.4, 0.5) is 9.39 Å². The molecule has 1 aromatic heterocycles. The monoisotopic (exact) mass is 292 g/mol. The predicted octanol–water partition coefficient (Wildman–Crippen LogP) is 3.56. The second-order valence-corrected chi connectivity index (χ2v) is 5.80. The zero-order valence-corrected chi connectivity index (χ0v) is 12.2. The lowest BCUT2D eigenvalue weighted by molar-refractivity contribution is 0.0856. The van der Waals surface area contributed by atoms with Crippen LogP contribution < -0.4 is 4.90 Å². The third-order valence-corrected chi connectivity index (χ3v) is 4.64. The van der Waals surface area contributed by atoms with E-state index in [2.05, 4.69) is 16.9 Å². The van der Waals surface area contributed by atoms with Gasteiger partial charge in [0.2, 0.25) is 0 Å². The van der Waals surface area contributed by atoms with Crippen molar-refractivity contribution in [3.63, 3.8) is 0 Å². The van der Waals surface area contributed by atoms with Gasteiger partial charge in [0.1, 0.15) is 16.5 Å². The Hall–Kier alpha value is -1.46. The third kappa shape index (κ3) is 2.69. The molecule has 0 saturated carbocycles. The highest BCUT2D eigenvalue weighted by Crippen LogP contribution is 2.35. The molecule has 20 heavy (non-hydrogen) atoms. The first-order chi connectivity index (χ1) is 9.75. The largest absolute Gasteiger partial charge is 0.381 e. The van der Waals surface area contributed by atoms with E-state index in [1.54, 1.807) is 23.5 Å². The zero-order valence-electron chi connectivity index (χ0n) is 11.4. The van der Waals surface area contributed by atoms with Gasteiger partial charge in [0.15, 0.2) is 0 Å². The topological polar surface area (TPSA) is 25.4 Å². The summed E-state index contributed by atoms with van der Waals surface area (Å²) in [5, 5.41) is 1.14. The van der Waals surface area contributed by atoms with E-state index in [9.17, 15) is 4.39 Å². The van der Waals surface area contributed by atoms with Crippen molar-refractivity contribution in [3.05, 3.63) is 35.6 Å². The molecule has 0 unspecified atom stereocenters. The van der Waals surface area contributed by atoms with Crippen LogP contribution in [-0.2, 0) is 4.74 Å². The van der Waals surface area contributed by atoms with Crippen molar-refractivity contribution in [2.75, 3.05) is 25.2 Å². The van der Waals surface area contributed by atoms with E-state index in [4.69, 9.17) is 4.74 Å². The minimum absolute atomic E-state index is 0.219. The number of hydrogen-bond acceptors (Lipinski definition) is 4. The highest BCUT2D eigenvalue weighted by molar-refractivity contribution is 7.14. The van der Waals surface area contributed by atoms with Gasteiger partial charge in [0.05, 0.1) is 5.51 Å². The molecule has 0 amide bonds. The van der Waals surface area contributed by atoms with Gasteiger partial charge in [-0.1, -0.05) is 0 Å². The number of thiazole rings is 1. The molecule has 106 valence electrons. The van der Waals surface area contributed by atoms with E-state index in [1.165, 1.54) is 12.1 Å². The van der Waals surface area contributed by atoms with E-state index >= 15 is 0 Å². The smallest absolute Gasteiger partial charge is 0.123 e. The molecule has 1 fully saturated rings. The van der Waals surface area contributed by atoms with Crippen molar-refractivity contribution in [3.8, 4) is 11.3 Å². The summed E-state index contributed by atoms with van der Waals surface area (Å²) in [6.07, 6.45) is 2.08. The van der Waals surface area contributed by atoms with E-state index in [0.29, 0.717) is 6.04 Å². The standard InChI is InChI=1S/C15H17FN2OS/c1-18(13-6-8-19-9-7-13)15-14(17-10-20-15)11-2-4-12(16)5-3-11/h2-5,10,13H,6-9H2,1H3. The molecule has 1 aromatic carbocycles.